The van der Waals surface area contributed by atoms with Crippen LogP contribution < -0.4 is 5.32 Å². The van der Waals surface area contributed by atoms with Crippen LogP contribution in [0.4, 0.5) is 5.69 Å². The molecule has 1 saturated heterocycles. The summed E-state index contributed by atoms with van der Waals surface area (Å²) in [5, 5.41) is 3.46. The molecular weight excluding hydrogens is 336 g/mol. The van der Waals surface area contributed by atoms with E-state index in [1.165, 1.54) is 22.2 Å². The summed E-state index contributed by atoms with van der Waals surface area (Å²) in [4.78, 5) is 18.6. The lowest BCUT2D eigenvalue weighted by Crippen LogP contribution is -2.19. The van der Waals surface area contributed by atoms with Crippen molar-refractivity contribution in [2.24, 2.45) is 4.99 Å². The molecule has 0 unspecified atom stereocenters. The van der Waals surface area contributed by atoms with E-state index in [1.807, 2.05) is 43.5 Å². The zero-order chi connectivity index (χ0) is 17.1. The maximum atomic E-state index is 12.2. The van der Waals surface area contributed by atoms with Crippen molar-refractivity contribution in [2.45, 2.75) is 18.7 Å². The van der Waals surface area contributed by atoms with E-state index in [9.17, 15) is 4.79 Å². The van der Waals surface area contributed by atoms with Gasteiger partial charge in [0.05, 0.1) is 10.6 Å². The molecule has 0 radical (unpaired) electrons. The Morgan fingerprint density at radius 2 is 1.88 bits per heavy atom. The van der Waals surface area contributed by atoms with Crippen LogP contribution >= 0.6 is 23.5 Å². The van der Waals surface area contributed by atoms with Gasteiger partial charge < -0.3 is 5.32 Å². The van der Waals surface area contributed by atoms with Gasteiger partial charge in [-0.25, -0.2) is 4.99 Å². The van der Waals surface area contributed by atoms with E-state index in [2.05, 4.69) is 35.4 Å². The molecule has 0 bridgehead atoms. The number of amidine groups is 1. The van der Waals surface area contributed by atoms with Gasteiger partial charge >= 0.3 is 0 Å². The molecule has 5 heteroatoms. The molecule has 24 heavy (non-hydrogen) atoms. The van der Waals surface area contributed by atoms with Gasteiger partial charge in [0.2, 0.25) is 0 Å². The smallest absolute Gasteiger partial charge is 0.264 e. The van der Waals surface area contributed by atoms with Crippen molar-refractivity contribution in [1.82, 2.24) is 5.32 Å². The van der Waals surface area contributed by atoms with Gasteiger partial charge in [0, 0.05) is 4.90 Å². The quantitative estimate of drug-likeness (QED) is 0.628. The fourth-order valence-electron chi connectivity index (χ4n) is 2.37. The minimum absolute atomic E-state index is 0.0996. The summed E-state index contributed by atoms with van der Waals surface area (Å²) in [5.41, 5.74) is 4.20. The monoisotopic (exact) mass is 354 g/mol. The maximum absolute atomic E-state index is 12.2. The molecule has 2 aromatic carbocycles. The first-order valence-corrected chi connectivity index (χ1v) is 9.60. The molecule has 1 fully saturated rings. The number of hydrogen-bond donors (Lipinski definition) is 1. The number of thioether (sulfide) groups is 2. The van der Waals surface area contributed by atoms with Gasteiger partial charge in [-0.15, -0.1) is 11.8 Å². The Balaban J connectivity index is 1.82. The molecule has 3 nitrogen and oxygen atoms in total. The maximum Gasteiger partial charge on any atom is 0.264 e. The second-order valence-corrected chi connectivity index (χ2v) is 7.46. The Labute approximate surface area is 150 Å². The van der Waals surface area contributed by atoms with Crippen LogP contribution in [0.25, 0.3) is 6.08 Å². The molecule has 0 saturated carbocycles. The van der Waals surface area contributed by atoms with Crippen molar-refractivity contribution < 1.29 is 4.79 Å². The minimum atomic E-state index is -0.0996. The zero-order valence-corrected chi connectivity index (χ0v) is 15.4. The first-order chi connectivity index (χ1) is 11.5. The normalized spacial score (nSPS) is 17.5. The van der Waals surface area contributed by atoms with Crippen LogP contribution in [0, 0.1) is 13.8 Å². The topological polar surface area (TPSA) is 41.5 Å². The molecule has 1 aliphatic heterocycles. The summed E-state index contributed by atoms with van der Waals surface area (Å²) in [7, 11) is 0. The van der Waals surface area contributed by atoms with E-state index in [0.717, 1.165) is 16.8 Å². The Kier molecular flexibility index (Phi) is 5.11. The molecule has 0 spiro atoms. The Morgan fingerprint density at radius 3 is 2.54 bits per heavy atom. The number of aliphatic imine (C=N–C) groups is 1. The average Bonchev–Trinajstić information content (AvgIpc) is 2.90. The molecule has 3 rings (SSSR count). The SMILES string of the molecule is CSc1ccc(C=C2SC(=Nc3ccc(C)cc3C)NC2=O)cc1. The first-order valence-electron chi connectivity index (χ1n) is 7.56. The van der Waals surface area contributed by atoms with Crippen molar-refractivity contribution in [3.8, 4) is 0 Å². The van der Waals surface area contributed by atoms with Crippen LogP contribution in [0.2, 0.25) is 0 Å². The van der Waals surface area contributed by atoms with Gasteiger partial charge in [-0.2, -0.15) is 0 Å². The number of carbonyl (C=O) groups excluding carboxylic acids is 1. The van der Waals surface area contributed by atoms with E-state index in [1.54, 1.807) is 11.8 Å². The predicted molar refractivity (Wildman–Crippen MR) is 105 cm³/mol. The highest BCUT2D eigenvalue weighted by Gasteiger charge is 2.23. The van der Waals surface area contributed by atoms with Crippen molar-refractivity contribution in [3.05, 3.63) is 64.1 Å². The second-order valence-electron chi connectivity index (χ2n) is 5.54. The fraction of sp³-hybridized carbons (Fsp3) is 0.158. The summed E-state index contributed by atoms with van der Waals surface area (Å²) in [6, 6.07) is 14.2. The van der Waals surface area contributed by atoms with Gasteiger partial charge in [-0.05, 0) is 67.3 Å². The number of nitrogens with zero attached hydrogens (tertiary/aromatic N) is 1. The van der Waals surface area contributed by atoms with Gasteiger partial charge in [-0.1, -0.05) is 29.8 Å². The largest absolute Gasteiger partial charge is 0.300 e. The van der Waals surface area contributed by atoms with Crippen LogP contribution in [-0.4, -0.2) is 17.3 Å². The van der Waals surface area contributed by atoms with Crippen LogP contribution in [-0.2, 0) is 4.79 Å². The van der Waals surface area contributed by atoms with Gasteiger partial charge in [-0.3, -0.25) is 4.79 Å². The van der Waals surface area contributed by atoms with Crippen LogP contribution in [0.1, 0.15) is 16.7 Å². The zero-order valence-electron chi connectivity index (χ0n) is 13.8. The second kappa shape index (κ2) is 7.28. The number of amides is 1. The summed E-state index contributed by atoms with van der Waals surface area (Å²) in [6.45, 7) is 4.08. The van der Waals surface area contributed by atoms with E-state index in [4.69, 9.17) is 0 Å². The lowest BCUT2D eigenvalue weighted by atomic mass is 10.1. The summed E-state index contributed by atoms with van der Waals surface area (Å²) in [5.74, 6) is -0.0996. The molecule has 1 amide bonds. The molecular formula is C19H18N2OS2. The third kappa shape index (κ3) is 3.91. The van der Waals surface area contributed by atoms with Gasteiger partial charge in [0.1, 0.15) is 0 Å². The molecule has 0 aromatic heterocycles. The molecule has 1 aliphatic rings. The van der Waals surface area contributed by atoms with E-state index in [0.29, 0.717) is 10.1 Å². The summed E-state index contributed by atoms with van der Waals surface area (Å²) >= 11 is 3.08. The number of aryl methyl sites for hydroxylation is 2. The number of rotatable bonds is 3. The van der Waals surface area contributed by atoms with Crippen molar-refractivity contribution in [1.29, 1.82) is 0 Å². The van der Waals surface area contributed by atoms with Gasteiger partial charge in [0.25, 0.3) is 5.91 Å². The number of hydrogen-bond acceptors (Lipinski definition) is 4. The Hall–Kier alpha value is -1.98. The minimum Gasteiger partial charge on any atom is -0.300 e. The number of nitrogens with one attached hydrogen (secondary N) is 1. The summed E-state index contributed by atoms with van der Waals surface area (Å²) in [6.07, 6.45) is 3.94. The van der Waals surface area contributed by atoms with E-state index < -0.39 is 0 Å². The third-order valence-electron chi connectivity index (χ3n) is 3.64. The molecule has 0 atom stereocenters. The van der Waals surface area contributed by atoms with Crippen molar-refractivity contribution in [3.63, 3.8) is 0 Å². The van der Waals surface area contributed by atoms with Crippen molar-refractivity contribution >= 4 is 46.4 Å². The number of benzene rings is 2. The standard InChI is InChI=1S/C19H18N2OS2/c1-12-4-9-16(13(2)10-12)20-19-21-18(22)17(24-19)11-14-5-7-15(23-3)8-6-14/h4-11H,1-3H3,(H,20,21,22). The molecule has 1 heterocycles. The van der Waals surface area contributed by atoms with Crippen LogP contribution in [0.5, 0.6) is 0 Å². The van der Waals surface area contributed by atoms with Crippen molar-refractivity contribution in [2.75, 3.05) is 6.26 Å². The third-order valence-corrected chi connectivity index (χ3v) is 5.29. The Morgan fingerprint density at radius 1 is 1.12 bits per heavy atom. The van der Waals surface area contributed by atoms with Gasteiger partial charge in [0.15, 0.2) is 5.17 Å². The number of carbonyl (C=O) groups is 1. The Bertz CT molecular complexity index is 839. The molecule has 0 aliphatic carbocycles. The first kappa shape index (κ1) is 16.9. The predicted octanol–water partition coefficient (Wildman–Crippen LogP) is 4.92. The summed E-state index contributed by atoms with van der Waals surface area (Å²) < 4.78 is 0. The van der Waals surface area contributed by atoms with Crippen LogP contribution in [0.3, 0.4) is 0 Å². The molecule has 2 aromatic rings. The molecule has 122 valence electrons. The lowest BCUT2D eigenvalue weighted by molar-refractivity contribution is -0.115. The highest BCUT2D eigenvalue weighted by atomic mass is 32.2. The van der Waals surface area contributed by atoms with Crippen LogP contribution in [0.15, 0.2) is 57.3 Å². The highest BCUT2D eigenvalue weighted by Crippen LogP contribution is 2.29. The van der Waals surface area contributed by atoms with E-state index in [-0.39, 0.29) is 5.91 Å². The average molecular weight is 355 g/mol. The molecule has 1 N–H and O–H groups in total. The van der Waals surface area contributed by atoms with E-state index >= 15 is 0 Å². The fourth-order valence-corrected chi connectivity index (χ4v) is 3.62. The highest BCUT2D eigenvalue weighted by molar-refractivity contribution is 8.18. The lowest BCUT2D eigenvalue weighted by Gasteiger charge is -2.02.